The van der Waals surface area contributed by atoms with Crippen molar-refractivity contribution in [2.45, 2.75) is 53.3 Å². The third kappa shape index (κ3) is 4.43. The summed E-state index contributed by atoms with van der Waals surface area (Å²) >= 11 is 0. The number of ether oxygens (including phenoxy) is 2. The van der Waals surface area contributed by atoms with E-state index < -0.39 is 17.0 Å². The zero-order valence-corrected chi connectivity index (χ0v) is 12.1. The van der Waals surface area contributed by atoms with Crippen molar-refractivity contribution in [3.63, 3.8) is 0 Å². The second-order valence-corrected chi connectivity index (χ2v) is 5.89. The second-order valence-electron chi connectivity index (χ2n) is 5.89. The summed E-state index contributed by atoms with van der Waals surface area (Å²) in [4.78, 5) is 0. The van der Waals surface area contributed by atoms with Crippen LogP contribution in [0.5, 0.6) is 0 Å². The van der Waals surface area contributed by atoms with Gasteiger partial charge in [0.05, 0.1) is 18.1 Å². The normalized spacial score (nSPS) is 15.8. The standard InChI is InChI=1S/C13H25F3O2/c1-10(17-6)7-8-18-9-11(2,3)12(4,5)13(14,15)16/h10H,7-9H2,1-6H3. The lowest BCUT2D eigenvalue weighted by atomic mass is 9.68. The molecule has 18 heavy (non-hydrogen) atoms. The van der Waals surface area contributed by atoms with Gasteiger partial charge in [-0.3, -0.25) is 0 Å². The first kappa shape index (κ1) is 17.7. The Labute approximate surface area is 108 Å². The zero-order valence-electron chi connectivity index (χ0n) is 12.1. The van der Waals surface area contributed by atoms with Crippen LogP contribution in [0.3, 0.4) is 0 Å². The molecule has 0 heterocycles. The van der Waals surface area contributed by atoms with E-state index in [1.807, 2.05) is 6.92 Å². The SMILES string of the molecule is COC(C)CCOCC(C)(C)C(C)(C)C(F)(F)F. The minimum absolute atomic E-state index is 0.0590. The van der Waals surface area contributed by atoms with Crippen molar-refractivity contribution in [2.75, 3.05) is 20.3 Å². The highest BCUT2D eigenvalue weighted by Crippen LogP contribution is 2.50. The molecule has 2 nitrogen and oxygen atoms in total. The summed E-state index contributed by atoms with van der Waals surface area (Å²) in [6.45, 7) is 7.99. The molecule has 0 spiro atoms. The Morgan fingerprint density at radius 2 is 1.56 bits per heavy atom. The molecule has 110 valence electrons. The number of hydrogen-bond donors (Lipinski definition) is 0. The van der Waals surface area contributed by atoms with E-state index in [1.54, 1.807) is 21.0 Å². The minimum atomic E-state index is -4.24. The first-order valence-electron chi connectivity index (χ1n) is 6.13. The van der Waals surface area contributed by atoms with Gasteiger partial charge in [-0.25, -0.2) is 0 Å². The molecular formula is C13H25F3O2. The largest absolute Gasteiger partial charge is 0.394 e. The molecule has 0 aliphatic carbocycles. The summed E-state index contributed by atoms with van der Waals surface area (Å²) in [5.41, 5.74) is -2.76. The summed E-state index contributed by atoms with van der Waals surface area (Å²) < 4.78 is 49.3. The smallest absolute Gasteiger partial charge is 0.382 e. The van der Waals surface area contributed by atoms with E-state index in [9.17, 15) is 13.2 Å². The van der Waals surface area contributed by atoms with Crippen LogP contribution < -0.4 is 0 Å². The van der Waals surface area contributed by atoms with Crippen molar-refractivity contribution in [2.24, 2.45) is 10.8 Å². The van der Waals surface area contributed by atoms with E-state index in [4.69, 9.17) is 9.47 Å². The molecule has 1 atom stereocenters. The van der Waals surface area contributed by atoms with Gasteiger partial charge in [0, 0.05) is 19.1 Å². The van der Waals surface area contributed by atoms with Crippen molar-refractivity contribution < 1.29 is 22.6 Å². The fourth-order valence-corrected chi connectivity index (χ4v) is 1.26. The van der Waals surface area contributed by atoms with Gasteiger partial charge >= 0.3 is 6.18 Å². The third-order valence-electron chi connectivity index (χ3n) is 3.93. The monoisotopic (exact) mass is 270 g/mol. The van der Waals surface area contributed by atoms with Crippen molar-refractivity contribution in [1.82, 2.24) is 0 Å². The highest BCUT2D eigenvalue weighted by Gasteiger charge is 2.56. The Hall–Kier alpha value is -0.290. The molecule has 0 aliphatic rings. The Kier molecular flexibility index (Phi) is 6.14. The molecular weight excluding hydrogens is 245 g/mol. The molecule has 0 amide bonds. The maximum Gasteiger partial charge on any atom is 0.394 e. The number of hydrogen-bond acceptors (Lipinski definition) is 2. The molecule has 5 heteroatoms. The molecule has 0 radical (unpaired) electrons. The summed E-state index contributed by atoms with van der Waals surface area (Å²) in [6.07, 6.45) is -3.50. The van der Waals surface area contributed by atoms with E-state index in [1.165, 1.54) is 13.8 Å². The van der Waals surface area contributed by atoms with Gasteiger partial charge in [-0.05, 0) is 13.3 Å². The van der Waals surface area contributed by atoms with Crippen molar-refractivity contribution in [1.29, 1.82) is 0 Å². The van der Waals surface area contributed by atoms with Crippen LogP contribution in [0.15, 0.2) is 0 Å². The minimum Gasteiger partial charge on any atom is -0.382 e. The Balaban J connectivity index is 4.32. The number of alkyl halides is 3. The van der Waals surface area contributed by atoms with Gasteiger partial charge in [0.1, 0.15) is 0 Å². The average Bonchev–Trinajstić information content (AvgIpc) is 2.22. The molecule has 0 aromatic rings. The number of halogens is 3. The van der Waals surface area contributed by atoms with E-state index in [0.29, 0.717) is 13.0 Å². The van der Waals surface area contributed by atoms with Crippen LogP contribution in [0, 0.1) is 10.8 Å². The number of rotatable bonds is 7. The van der Waals surface area contributed by atoms with Crippen LogP contribution in [0.4, 0.5) is 13.2 Å². The van der Waals surface area contributed by atoms with Gasteiger partial charge in [0.15, 0.2) is 0 Å². The topological polar surface area (TPSA) is 18.5 Å². The van der Waals surface area contributed by atoms with Gasteiger partial charge in [0.25, 0.3) is 0 Å². The lowest BCUT2D eigenvalue weighted by Gasteiger charge is -2.42. The summed E-state index contributed by atoms with van der Waals surface area (Å²) in [5, 5.41) is 0. The fraction of sp³-hybridized carbons (Fsp3) is 1.00. The Bertz CT molecular complexity index is 247. The van der Waals surface area contributed by atoms with Crippen LogP contribution in [0.25, 0.3) is 0 Å². The van der Waals surface area contributed by atoms with Gasteiger partial charge in [-0.15, -0.1) is 0 Å². The van der Waals surface area contributed by atoms with E-state index in [0.717, 1.165) is 0 Å². The van der Waals surface area contributed by atoms with Gasteiger partial charge in [-0.2, -0.15) is 13.2 Å². The maximum atomic E-state index is 12.9. The van der Waals surface area contributed by atoms with Gasteiger partial charge in [0.2, 0.25) is 0 Å². The molecule has 0 fully saturated rings. The molecule has 0 rings (SSSR count). The molecule has 1 unspecified atom stereocenters. The van der Waals surface area contributed by atoms with Crippen LogP contribution in [-0.4, -0.2) is 32.6 Å². The molecule has 0 bridgehead atoms. The fourth-order valence-electron chi connectivity index (χ4n) is 1.26. The van der Waals surface area contributed by atoms with Crippen molar-refractivity contribution in [3.8, 4) is 0 Å². The summed E-state index contributed by atoms with van der Waals surface area (Å²) in [6, 6.07) is 0. The lowest BCUT2D eigenvalue weighted by Crippen LogP contribution is -2.47. The van der Waals surface area contributed by atoms with Crippen LogP contribution >= 0.6 is 0 Å². The second kappa shape index (κ2) is 6.24. The predicted octanol–water partition coefficient (Wildman–Crippen LogP) is 4.04. The maximum absolute atomic E-state index is 12.9. The Morgan fingerprint density at radius 3 is 1.94 bits per heavy atom. The molecule has 0 aliphatic heterocycles. The first-order valence-corrected chi connectivity index (χ1v) is 6.13. The first-order chi connectivity index (χ1) is 7.95. The quantitative estimate of drug-likeness (QED) is 0.650. The van der Waals surface area contributed by atoms with E-state index in [2.05, 4.69) is 0 Å². The van der Waals surface area contributed by atoms with Crippen LogP contribution in [0.1, 0.15) is 41.0 Å². The average molecular weight is 270 g/mol. The molecule has 0 saturated carbocycles. The van der Waals surface area contributed by atoms with Gasteiger partial charge in [-0.1, -0.05) is 27.7 Å². The van der Waals surface area contributed by atoms with Crippen LogP contribution in [0.2, 0.25) is 0 Å². The summed E-state index contributed by atoms with van der Waals surface area (Å²) in [7, 11) is 1.60. The molecule has 0 saturated heterocycles. The van der Waals surface area contributed by atoms with Crippen LogP contribution in [-0.2, 0) is 9.47 Å². The zero-order chi connectivity index (χ0) is 14.6. The highest BCUT2D eigenvalue weighted by atomic mass is 19.4. The third-order valence-corrected chi connectivity index (χ3v) is 3.93. The van der Waals surface area contributed by atoms with Gasteiger partial charge < -0.3 is 9.47 Å². The Morgan fingerprint density at radius 1 is 1.06 bits per heavy atom. The van der Waals surface area contributed by atoms with Crippen molar-refractivity contribution in [3.05, 3.63) is 0 Å². The van der Waals surface area contributed by atoms with Crippen molar-refractivity contribution >= 4 is 0 Å². The molecule has 0 N–H and O–H groups in total. The van der Waals surface area contributed by atoms with E-state index in [-0.39, 0.29) is 12.7 Å². The summed E-state index contributed by atoms with van der Waals surface area (Å²) in [5.74, 6) is 0. The van der Waals surface area contributed by atoms with E-state index >= 15 is 0 Å². The molecule has 0 aromatic carbocycles. The number of methoxy groups -OCH3 is 1. The predicted molar refractivity (Wildman–Crippen MR) is 65.5 cm³/mol. The highest BCUT2D eigenvalue weighted by molar-refractivity contribution is 4.91. The lowest BCUT2D eigenvalue weighted by molar-refractivity contribution is -0.253. The molecule has 0 aromatic heterocycles.